The molecule has 4 nitrogen and oxygen atoms in total. The highest BCUT2D eigenvalue weighted by Gasteiger charge is 2.37. The van der Waals surface area contributed by atoms with Gasteiger partial charge < -0.3 is 20.3 Å². The maximum absolute atomic E-state index is 9.54. The number of hydrogen-bond acceptors (Lipinski definition) is 4. The van der Waals surface area contributed by atoms with E-state index in [9.17, 15) is 5.11 Å². The van der Waals surface area contributed by atoms with E-state index in [4.69, 9.17) is 15.2 Å². The maximum Gasteiger partial charge on any atom is 0.163 e. The molecule has 0 unspecified atom stereocenters. The average molecular weight is 161 g/mol. The van der Waals surface area contributed by atoms with Crippen molar-refractivity contribution in [3.63, 3.8) is 0 Å². The molecule has 1 aliphatic heterocycles. The van der Waals surface area contributed by atoms with Crippen LogP contribution < -0.4 is 5.73 Å². The number of rotatable bonds is 1. The molecule has 3 N–H and O–H groups in total. The molecule has 0 atom stereocenters. The zero-order chi connectivity index (χ0) is 8.54. The summed E-state index contributed by atoms with van der Waals surface area (Å²) in [6.07, 6.45) is 0. The van der Waals surface area contributed by atoms with E-state index in [1.807, 2.05) is 13.8 Å². The average Bonchev–Trinajstić information content (AvgIpc) is 1.97. The van der Waals surface area contributed by atoms with Crippen LogP contribution in [0.15, 0.2) is 0 Å². The maximum atomic E-state index is 9.54. The quantitative estimate of drug-likeness (QED) is 0.542. The summed E-state index contributed by atoms with van der Waals surface area (Å²) < 4.78 is 10.4. The standard InChI is InChI=1S/C7H15NO3/c1-6(2)10-4-7(9,3-8)5-11-6/h9H,3-5,8H2,1-2H3. The van der Waals surface area contributed by atoms with Gasteiger partial charge in [0, 0.05) is 6.54 Å². The fraction of sp³-hybridized carbons (Fsp3) is 1.00. The SMILES string of the molecule is CC1(C)OCC(O)(CN)CO1. The smallest absolute Gasteiger partial charge is 0.163 e. The number of ether oxygens (including phenoxy) is 2. The van der Waals surface area contributed by atoms with Crippen LogP contribution >= 0.6 is 0 Å². The Balaban J connectivity index is 2.48. The molecule has 1 heterocycles. The van der Waals surface area contributed by atoms with Gasteiger partial charge in [0.25, 0.3) is 0 Å². The second kappa shape index (κ2) is 2.71. The summed E-state index contributed by atoms with van der Waals surface area (Å²) in [7, 11) is 0. The molecule has 0 aliphatic carbocycles. The molecule has 1 fully saturated rings. The molecule has 0 aromatic heterocycles. The molecule has 0 aromatic carbocycles. The van der Waals surface area contributed by atoms with Gasteiger partial charge in [-0.25, -0.2) is 0 Å². The van der Waals surface area contributed by atoms with Gasteiger partial charge in [-0.15, -0.1) is 0 Å². The molecular weight excluding hydrogens is 146 g/mol. The van der Waals surface area contributed by atoms with E-state index >= 15 is 0 Å². The van der Waals surface area contributed by atoms with E-state index in [-0.39, 0.29) is 19.8 Å². The van der Waals surface area contributed by atoms with Gasteiger partial charge in [-0.1, -0.05) is 0 Å². The third kappa shape index (κ3) is 2.13. The molecule has 0 spiro atoms. The van der Waals surface area contributed by atoms with Gasteiger partial charge in [-0.05, 0) is 13.8 Å². The van der Waals surface area contributed by atoms with Gasteiger partial charge >= 0.3 is 0 Å². The van der Waals surface area contributed by atoms with Crippen LogP contribution in [0.2, 0.25) is 0 Å². The molecule has 4 heteroatoms. The minimum Gasteiger partial charge on any atom is -0.384 e. The fourth-order valence-electron chi connectivity index (χ4n) is 0.817. The molecule has 11 heavy (non-hydrogen) atoms. The summed E-state index contributed by atoms with van der Waals surface area (Å²) in [5, 5.41) is 9.54. The highest BCUT2D eigenvalue weighted by molar-refractivity contribution is 4.83. The Bertz CT molecular complexity index is 137. The van der Waals surface area contributed by atoms with Crippen molar-refractivity contribution in [2.75, 3.05) is 19.8 Å². The lowest BCUT2D eigenvalue weighted by atomic mass is 10.1. The highest BCUT2D eigenvalue weighted by Crippen LogP contribution is 2.22. The van der Waals surface area contributed by atoms with Crippen molar-refractivity contribution < 1.29 is 14.6 Å². The molecule has 0 bridgehead atoms. The summed E-state index contributed by atoms with van der Waals surface area (Å²) in [6, 6.07) is 0. The van der Waals surface area contributed by atoms with Gasteiger partial charge in [-0.3, -0.25) is 0 Å². The highest BCUT2D eigenvalue weighted by atomic mass is 16.7. The number of hydrogen-bond donors (Lipinski definition) is 2. The molecule has 0 saturated carbocycles. The monoisotopic (exact) mass is 161 g/mol. The lowest BCUT2D eigenvalue weighted by Gasteiger charge is -2.39. The van der Waals surface area contributed by atoms with E-state index in [1.54, 1.807) is 0 Å². The summed E-state index contributed by atoms with van der Waals surface area (Å²) in [6.45, 7) is 4.28. The van der Waals surface area contributed by atoms with Crippen LogP contribution in [0.3, 0.4) is 0 Å². The number of aliphatic hydroxyl groups is 1. The first-order valence-corrected chi connectivity index (χ1v) is 3.68. The molecule has 0 aromatic rings. The van der Waals surface area contributed by atoms with Crippen LogP contribution in [0, 0.1) is 0 Å². The van der Waals surface area contributed by atoms with E-state index in [0.717, 1.165) is 0 Å². The summed E-state index contributed by atoms with van der Waals surface area (Å²) in [4.78, 5) is 0. The minimum atomic E-state index is -0.991. The van der Waals surface area contributed by atoms with E-state index < -0.39 is 11.4 Å². The predicted octanol–water partition coefficient (Wildman–Crippen LogP) is -0.541. The molecule has 0 radical (unpaired) electrons. The van der Waals surface area contributed by atoms with Crippen LogP contribution in [0.5, 0.6) is 0 Å². The third-order valence-electron chi connectivity index (χ3n) is 1.76. The lowest BCUT2D eigenvalue weighted by molar-refractivity contribution is -0.298. The molecule has 1 aliphatic rings. The van der Waals surface area contributed by atoms with E-state index in [0.29, 0.717) is 0 Å². The van der Waals surface area contributed by atoms with Crippen LogP contribution in [-0.2, 0) is 9.47 Å². The summed E-state index contributed by atoms with van der Waals surface area (Å²) >= 11 is 0. The van der Waals surface area contributed by atoms with Gasteiger partial charge in [0.15, 0.2) is 5.79 Å². The van der Waals surface area contributed by atoms with Gasteiger partial charge in [-0.2, -0.15) is 0 Å². The van der Waals surface area contributed by atoms with Crippen LogP contribution in [0.25, 0.3) is 0 Å². The summed E-state index contributed by atoms with van der Waals surface area (Å²) in [5.74, 6) is -0.582. The Labute approximate surface area is 66.3 Å². The minimum absolute atomic E-state index is 0.170. The Morgan fingerprint density at radius 3 is 2.18 bits per heavy atom. The first-order valence-electron chi connectivity index (χ1n) is 3.68. The van der Waals surface area contributed by atoms with E-state index in [1.165, 1.54) is 0 Å². The Hall–Kier alpha value is -0.160. The van der Waals surface area contributed by atoms with Crippen LogP contribution in [0.1, 0.15) is 13.8 Å². The molecular formula is C7H15NO3. The van der Waals surface area contributed by atoms with E-state index in [2.05, 4.69) is 0 Å². The second-order valence-electron chi connectivity index (χ2n) is 3.41. The van der Waals surface area contributed by atoms with Crippen molar-refractivity contribution in [1.29, 1.82) is 0 Å². The zero-order valence-electron chi connectivity index (χ0n) is 6.96. The fourth-order valence-corrected chi connectivity index (χ4v) is 0.817. The largest absolute Gasteiger partial charge is 0.384 e. The second-order valence-corrected chi connectivity index (χ2v) is 3.41. The van der Waals surface area contributed by atoms with Gasteiger partial charge in [0.05, 0.1) is 13.2 Å². The zero-order valence-corrected chi connectivity index (χ0v) is 6.96. The number of nitrogens with two attached hydrogens (primary N) is 1. The Morgan fingerprint density at radius 1 is 1.36 bits per heavy atom. The van der Waals surface area contributed by atoms with Crippen LogP contribution in [-0.4, -0.2) is 36.3 Å². The molecule has 1 saturated heterocycles. The van der Waals surface area contributed by atoms with Gasteiger partial charge in [0.1, 0.15) is 5.60 Å². The van der Waals surface area contributed by atoms with Crippen molar-refractivity contribution in [2.24, 2.45) is 5.73 Å². The Kier molecular flexibility index (Phi) is 2.20. The molecule has 1 rings (SSSR count). The predicted molar refractivity (Wildman–Crippen MR) is 40.0 cm³/mol. The topological polar surface area (TPSA) is 64.7 Å². The first-order chi connectivity index (χ1) is 4.97. The Morgan fingerprint density at radius 2 is 1.82 bits per heavy atom. The first kappa shape index (κ1) is 8.93. The van der Waals surface area contributed by atoms with Crippen molar-refractivity contribution in [3.8, 4) is 0 Å². The van der Waals surface area contributed by atoms with Crippen molar-refractivity contribution in [1.82, 2.24) is 0 Å². The van der Waals surface area contributed by atoms with Crippen LogP contribution in [0.4, 0.5) is 0 Å². The van der Waals surface area contributed by atoms with Crippen molar-refractivity contribution in [2.45, 2.75) is 25.2 Å². The molecule has 0 amide bonds. The van der Waals surface area contributed by atoms with Crippen molar-refractivity contribution >= 4 is 0 Å². The van der Waals surface area contributed by atoms with Crippen molar-refractivity contribution in [3.05, 3.63) is 0 Å². The third-order valence-corrected chi connectivity index (χ3v) is 1.76. The summed E-state index contributed by atoms with van der Waals surface area (Å²) in [5.41, 5.74) is 4.33. The lowest BCUT2D eigenvalue weighted by Crippen LogP contribution is -2.55. The van der Waals surface area contributed by atoms with Gasteiger partial charge in [0.2, 0.25) is 0 Å². The normalized spacial score (nSPS) is 28.4. The molecule has 66 valence electrons.